The number of nitrogens with zero attached hydrogens (tertiary/aromatic N) is 1. The van der Waals surface area contributed by atoms with E-state index in [0.29, 0.717) is 0 Å². The van der Waals surface area contributed by atoms with Crippen molar-refractivity contribution in [2.75, 3.05) is 0 Å². The first kappa shape index (κ1) is 35.7. The molecule has 0 unspecified atom stereocenters. The monoisotopic (exact) mass is 809 g/mol. The zero-order chi connectivity index (χ0) is 41.5. The molecule has 0 amide bonds. The Hall–Kier alpha value is -7.00. The van der Waals surface area contributed by atoms with Crippen LogP contribution in [-0.2, 0) is 10.8 Å². The average molecular weight is 810 g/mol. The normalized spacial score (nSPS) is 14.4. The summed E-state index contributed by atoms with van der Waals surface area (Å²) in [6.07, 6.45) is 0. The standard InChI is InChI=1S/C60H43NS/c1-59(2)51-20-11-9-16-47(51)56-52(59)30-29-46-45-18-12-17-42(57(45)62-58(46)56)37-23-21-36(22-24-37)38-26-31-54-48(33-38)49-34-39(27-32-55(49)61(54)41-13-6-5-7-14-41)40-25-28-44-43-15-8-10-19-50(43)60(3,4)53(44)35-40/h5-35H,1-4H3. The van der Waals surface area contributed by atoms with Gasteiger partial charge in [0.1, 0.15) is 0 Å². The van der Waals surface area contributed by atoms with Crippen molar-refractivity contribution in [3.63, 3.8) is 0 Å². The number of para-hydroxylation sites is 1. The Morgan fingerprint density at radius 2 is 0.871 bits per heavy atom. The Kier molecular flexibility index (Phi) is 7.36. The topological polar surface area (TPSA) is 4.93 Å². The Morgan fingerprint density at radius 1 is 0.339 bits per heavy atom. The van der Waals surface area contributed by atoms with E-state index in [9.17, 15) is 0 Å². The fraction of sp³-hybridized carbons (Fsp3) is 0.100. The van der Waals surface area contributed by atoms with Gasteiger partial charge in [0.15, 0.2) is 0 Å². The molecule has 0 saturated heterocycles. The number of aromatic nitrogens is 1. The van der Waals surface area contributed by atoms with Gasteiger partial charge in [-0.1, -0.05) is 173 Å². The lowest BCUT2D eigenvalue weighted by molar-refractivity contribution is 0.660. The highest BCUT2D eigenvalue weighted by Gasteiger charge is 2.37. The van der Waals surface area contributed by atoms with Gasteiger partial charge in [0, 0.05) is 53.0 Å². The predicted octanol–water partition coefficient (Wildman–Crippen LogP) is 16.8. The van der Waals surface area contributed by atoms with E-state index in [4.69, 9.17) is 0 Å². The summed E-state index contributed by atoms with van der Waals surface area (Å²) in [5, 5.41) is 5.21. The Balaban J connectivity index is 0.918. The SMILES string of the molecule is CC1(C)c2ccccc2-c2ccc(-c3ccc4c(c3)c3cc(-c5ccc(-c6cccc7c6sc6c8c(ccc67)C(C)(C)c6ccccc6-8)cc5)ccc3n4-c3ccccc3)cc21. The quantitative estimate of drug-likeness (QED) is 0.167. The van der Waals surface area contributed by atoms with Gasteiger partial charge in [-0.2, -0.15) is 0 Å². The lowest BCUT2D eigenvalue weighted by Crippen LogP contribution is -2.14. The van der Waals surface area contributed by atoms with Crippen LogP contribution >= 0.6 is 11.3 Å². The minimum atomic E-state index is -0.0470. The van der Waals surface area contributed by atoms with Crippen LogP contribution in [-0.4, -0.2) is 4.57 Å². The van der Waals surface area contributed by atoms with Crippen molar-refractivity contribution in [2.24, 2.45) is 0 Å². The van der Waals surface area contributed by atoms with Gasteiger partial charge in [-0.05, 0) is 115 Å². The largest absolute Gasteiger partial charge is 0.309 e. The first-order valence-corrected chi connectivity index (χ1v) is 22.7. The smallest absolute Gasteiger partial charge is 0.0541 e. The second-order valence-corrected chi connectivity index (χ2v) is 19.5. The lowest BCUT2D eigenvalue weighted by atomic mass is 9.81. The molecule has 0 atom stereocenters. The summed E-state index contributed by atoms with van der Waals surface area (Å²) >= 11 is 1.96. The number of thiophene rings is 1. The maximum absolute atomic E-state index is 2.44. The summed E-state index contributed by atoms with van der Waals surface area (Å²) in [5.74, 6) is 0. The maximum Gasteiger partial charge on any atom is 0.0541 e. The average Bonchev–Trinajstić information content (AvgIpc) is 4.00. The summed E-state index contributed by atoms with van der Waals surface area (Å²) in [5.41, 5.74) is 22.2. The van der Waals surface area contributed by atoms with E-state index in [1.807, 2.05) is 11.3 Å². The maximum atomic E-state index is 2.44. The number of hydrogen-bond donors (Lipinski definition) is 0. The highest BCUT2D eigenvalue weighted by Crippen LogP contribution is 2.55. The minimum absolute atomic E-state index is 0.0101. The summed E-state index contributed by atoms with van der Waals surface area (Å²) < 4.78 is 5.18. The third-order valence-corrected chi connectivity index (χ3v) is 15.7. The van der Waals surface area contributed by atoms with Gasteiger partial charge in [-0.3, -0.25) is 0 Å². The molecule has 2 heterocycles. The van der Waals surface area contributed by atoms with Crippen molar-refractivity contribution >= 4 is 53.3 Å². The molecule has 2 aliphatic carbocycles. The van der Waals surface area contributed by atoms with E-state index in [1.165, 1.54) is 126 Å². The second-order valence-electron chi connectivity index (χ2n) is 18.5. The molecule has 0 aliphatic heterocycles. The molecule has 62 heavy (non-hydrogen) atoms. The van der Waals surface area contributed by atoms with Crippen LogP contribution < -0.4 is 0 Å². The molecular weight excluding hydrogens is 767 g/mol. The Morgan fingerprint density at radius 3 is 1.61 bits per heavy atom. The van der Waals surface area contributed by atoms with E-state index in [0.717, 1.165) is 0 Å². The summed E-state index contributed by atoms with van der Waals surface area (Å²) in [6, 6.07) is 70.7. The first-order chi connectivity index (χ1) is 30.3. The van der Waals surface area contributed by atoms with E-state index in [-0.39, 0.29) is 10.8 Å². The zero-order valence-electron chi connectivity index (χ0n) is 35.3. The highest BCUT2D eigenvalue weighted by atomic mass is 32.1. The van der Waals surface area contributed by atoms with Crippen LogP contribution in [0, 0.1) is 0 Å². The molecule has 11 aromatic rings. The van der Waals surface area contributed by atoms with Crippen molar-refractivity contribution in [2.45, 2.75) is 38.5 Å². The van der Waals surface area contributed by atoms with Gasteiger partial charge < -0.3 is 4.57 Å². The van der Waals surface area contributed by atoms with Gasteiger partial charge in [0.25, 0.3) is 0 Å². The molecule has 0 fully saturated rings. The third kappa shape index (κ3) is 4.90. The van der Waals surface area contributed by atoms with Crippen molar-refractivity contribution in [3.05, 3.63) is 210 Å². The van der Waals surface area contributed by atoms with Crippen LogP contribution in [0.1, 0.15) is 49.9 Å². The Labute approximate surface area is 366 Å². The summed E-state index contributed by atoms with van der Waals surface area (Å²) in [7, 11) is 0. The fourth-order valence-corrected chi connectivity index (χ4v) is 12.6. The predicted molar refractivity (Wildman–Crippen MR) is 265 cm³/mol. The van der Waals surface area contributed by atoms with Crippen LogP contribution in [0.15, 0.2) is 188 Å². The minimum Gasteiger partial charge on any atom is -0.309 e. The first-order valence-electron chi connectivity index (χ1n) is 21.8. The molecule has 0 saturated carbocycles. The van der Waals surface area contributed by atoms with Gasteiger partial charge in [0.2, 0.25) is 0 Å². The number of rotatable bonds is 4. The van der Waals surface area contributed by atoms with E-state index in [2.05, 4.69) is 220 Å². The van der Waals surface area contributed by atoms with E-state index in [1.54, 1.807) is 0 Å². The van der Waals surface area contributed by atoms with E-state index < -0.39 is 0 Å². The van der Waals surface area contributed by atoms with Crippen LogP contribution in [0.3, 0.4) is 0 Å². The van der Waals surface area contributed by atoms with Crippen molar-refractivity contribution < 1.29 is 0 Å². The molecule has 0 bridgehead atoms. The van der Waals surface area contributed by atoms with Crippen LogP contribution in [0.25, 0.3) is 103 Å². The number of hydrogen-bond acceptors (Lipinski definition) is 1. The van der Waals surface area contributed by atoms with Gasteiger partial charge in [-0.15, -0.1) is 11.3 Å². The molecule has 0 spiro atoms. The molecule has 2 aromatic heterocycles. The van der Waals surface area contributed by atoms with Gasteiger partial charge >= 0.3 is 0 Å². The number of benzene rings is 9. The Bertz CT molecular complexity index is 3670. The number of fused-ring (bicyclic) bond motifs is 13. The molecule has 1 nitrogen and oxygen atoms in total. The molecular formula is C60H43NS. The fourth-order valence-electron chi connectivity index (χ4n) is 11.2. The van der Waals surface area contributed by atoms with Crippen LogP contribution in [0.5, 0.6) is 0 Å². The van der Waals surface area contributed by atoms with Crippen molar-refractivity contribution in [1.82, 2.24) is 4.57 Å². The second kappa shape index (κ2) is 12.8. The third-order valence-electron chi connectivity index (χ3n) is 14.4. The molecule has 9 aromatic carbocycles. The molecule has 0 radical (unpaired) electrons. The van der Waals surface area contributed by atoms with Gasteiger partial charge in [0.05, 0.1) is 11.0 Å². The summed E-state index contributed by atoms with van der Waals surface area (Å²) in [4.78, 5) is 0. The molecule has 0 N–H and O–H groups in total. The van der Waals surface area contributed by atoms with Crippen molar-refractivity contribution in [1.29, 1.82) is 0 Å². The summed E-state index contributed by atoms with van der Waals surface area (Å²) in [6.45, 7) is 9.46. The van der Waals surface area contributed by atoms with Crippen molar-refractivity contribution in [3.8, 4) is 61.3 Å². The molecule has 294 valence electrons. The van der Waals surface area contributed by atoms with Gasteiger partial charge in [-0.25, -0.2) is 0 Å². The molecule has 13 rings (SSSR count). The van der Waals surface area contributed by atoms with Crippen LogP contribution in [0.4, 0.5) is 0 Å². The molecule has 2 heteroatoms. The van der Waals surface area contributed by atoms with E-state index >= 15 is 0 Å². The van der Waals surface area contributed by atoms with Crippen LogP contribution in [0.2, 0.25) is 0 Å². The highest BCUT2D eigenvalue weighted by molar-refractivity contribution is 7.27. The molecule has 2 aliphatic rings. The zero-order valence-corrected chi connectivity index (χ0v) is 36.1. The lowest BCUT2D eigenvalue weighted by Gasteiger charge is -2.22.